The first-order valence-corrected chi connectivity index (χ1v) is 51.9. The third kappa shape index (κ3) is 45.1. The molecule has 6 aromatic carbocycles. The number of carbonyl (C=O) groups excluding carboxylic acids is 11. The number of methoxy groups -OCH3 is 4. The van der Waals surface area contributed by atoms with Crippen molar-refractivity contribution in [3.63, 3.8) is 0 Å². The molecular weight excluding hydrogens is 2090 g/mol. The first kappa shape index (κ1) is 133. The first-order valence-electron chi connectivity index (χ1n) is 46.9. The van der Waals surface area contributed by atoms with Gasteiger partial charge in [-0.2, -0.15) is 0 Å². The standard InChI is InChI=1S/C22H30N2O5.C20H30N2O4.C19H26N2O3.C10H11NO4.C10H17NO3.C9H9NO4.C8H7NO4.CH3I.CH5N.2CH4O.Cl2OS/c1-21(2,3)29-20(27)23-12-10-15(11-13-23)24-17-9-7-6-8-16(17)22(4,19(24)26)14-18(25)28-5;1-14(18(23)25-5)16-8-6-7-9-17(16)21-15-10-12-22(13-11-15)19(24)26-20(2,3)4;1-13-15-7-5-6-8-16(15)21(17(13)22)14-9-11-20(12-10-14)18(23)24-19(2,3)4;1-7(10(12)15-2)8-5-3-4-6-9(8)11(13)14;1-10(2,3)14-9(13)11-6-4-8(12)5-7-11;1-14-9(11)6-7-4-2-3-5-8(7)10(12)13;10-8(11)5-6-3-1-2-4-7(6)9(12)13;4*1-2;1-4(2)3/h6-9,15H,10-14H2,1-5H3;6-9,14-15,21H,10-13H2,1-5H3;5-8,13-14H,9-12H2,1-4H3;3-7H,1-2H3;4-7H2,1-3H3;2-5H,6H2,1H3;1-4H,5H2,(H,10,11);1H3;2H2,1H3;2*2H,1H3;. The van der Waals surface area contributed by atoms with Crippen molar-refractivity contribution in [2.75, 3.05) is 122 Å². The Morgan fingerprint density at radius 3 is 1.19 bits per heavy atom. The number of aliphatic hydroxyl groups excluding tert-OH is 2. The van der Waals surface area contributed by atoms with Crippen LogP contribution in [0.2, 0.25) is 0 Å². The van der Waals surface area contributed by atoms with Crippen molar-refractivity contribution in [2.24, 2.45) is 5.73 Å². The molecule has 0 spiro atoms. The lowest BCUT2D eigenvalue weighted by Crippen LogP contribution is -2.51. The van der Waals surface area contributed by atoms with Crippen molar-refractivity contribution in [3.05, 3.63) is 209 Å². The quantitative estimate of drug-likeness (QED) is 0.0108. The number of amides is 6. The molecule has 6 aliphatic rings. The number of ether oxygens (including phenoxy) is 8. The minimum Gasteiger partial charge on any atom is -0.481 e. The molecule has 6 heterocycles. The number of carboxylic acids is 1. The molecule has 0 aromatic heterocycles. The van der Waals surface area contributed by atoms with Gasteiger partial charge in [-0.3, -0.25) is 68.7 Å². The van der Waals surface area contributed by atoms with Crippen LogP contribution < -0.4 is 20.9 Å². The number of carboxylic acid groups (broad SMARTS) is 1. The van der Waals surface area contributed by atoms with Crippen molar-refractivity contribution >= 4 is 159 Å². The number of halogens is 3. The Labute approximate surface area is 885 Å². The fourth-order valence-electron chi connectivity index (χ4n) is 15.4. The lowest BCUT2D eigenvalue weighted by atomic mass is 9.80. The molecule has 0 aliphatic carbocycles. The SMILES string of the molecule is CC(C)(C)OC(=O)N1CCC(=O)CC1.CC1C(=O)N(C2CCN(C(=O)OC(C)(C)C)CC2)c2ccccc21.CI.CN.CO.CO.COC(=O)C(C)c1ccccc1NC1CCN(C(=O)OC(C)(C)C)CC1.COC(=O)C(C)c1ccccc1[N+](=O)[O-].COC(=O)CC1(C)C(=O)N(C2CCN(C(=O)OC(C)(C)C)CC2)c2ccccc21.COC(=O)Cc1ccccc1[N+](=O)[O-].O=C(O)Cc1ccccc1[N+](=O)[O-].O=S(Cl)Cl. The van der Waals surface area contributed by atoms with Crippen LogP contribution in [0.25, 0.3) is 0 Å². The van der Waals surface area contributed by atoms with E-state index in [1.54, 1.807) is 69.8 Å². The van der Waals surface area contributed by atoms with Crippen LogP contribution in [0.15, 0.2) is 146 Å². The zero-order valence-electron chi connectivity index (χ0n) is 88.3. The number of nitrogens with two attached hydrogens (primary N) is 1. The number of nitro groups is 3. The van der Waals surface area contributed by atoms with Crippen LogP contribution >= 0.6 is 44.0 Å². The van der Waals surface area contributed by atoms with E-state index >= 15 is 0 Å². The number of nitrogens with zero attached hydrogens (tertiary/aromatic N) is 9. The summed E-state index contributed by atoms with van der Waals surface area (Å²) < 4.78 is 49.3. The van der Waals surface area contributed by atoms with Crippen LogP contribution in [-0.4, -0.2) is 273 Å². The van der Waals surface area contributed by atoms with E-state index in [0.717, 1.165) is 73.7 Å². The molecule has 816 valence electrons. The number of para-hydroxylation sites is 6. The van der Waals surface area contributed by atoms with E-state index in [9.17, 15) is 87.9 Å². The minimum atomic E-state index is -1.67. The number of aliphatic hydroxyl groups is 2. The number of carbonyl (C=O) groups is 12. The zero-order chi connectivity index (χ0) is 112. The number of ketones is 1. The molecule has 0 bridgehead atoms. The van der Waals surface area contributed by atoms with E-state index in [1.807, 2.05) is 184 Å². The van der Waals surface area contributed by atoms with Gasteiger partial charge in [0.1, 0.15) is 28.2 Å². The fourth-order valence-corrected chi connectivity index (χ4v) is 15.4. The zero-order valence-corrected chi connectivity index (χ0v) is 92.8. The second kappa shape index (κ2) is 65.4. The maximum atomic E-state index is 13.5. The molecule has 45 heteroatoms. The van der Waals surface area contributed by atoms with Gasteiger partial charge in [-0.05, 0) is 196 Å². The van der Waals surface area contributed by atoms with E-state index in [1.165, 1.54) is 71.9 Å². The van der Waals surface area contributed by atoms with E-state index in [-0.39, 0.29) is 120 Å². The Bertz CT molecular complexity index is 5290. The van der Waals surface area contributed by atoms with Crippen LogP contribution in [0.5, 0.6) is 0 Å². The number of hydrogen-bond donors (Lipinski definition) is 5. The van der Waals surface area contributed by atoms with E-state index in [4.69, 9.17) is 47.9 Å². The van der Waals surface area contributed by atoms with Crippen molar-refractivity contribution in [1.82, 2.24) is 19.6 Å². The smallest absolute Gasteiger partial charge is 0.410 e. The topological polar surface area (TPSA) is 543 Å². The van der Waals surface area contributed by atoms with E-state index < -0.39 is 81.6 Å². The number of piperidine rings is 4. The first-order chi connectivity index (χ1) is 69.0. The summed E-state index contributed by atoms with van der Waals surface area (Å²) in [6.07, 6.45) is 3.93. The Hall–Kier alpha value is -12.3. The summed E-state index contributed by atoms with van der Waals surface area (Å²) in [6.45, 7) is 34.1. The molecule has 6 N–H and O–H groups in total. The van der Waals surface area contributed by atoms with Gasteiger partial charge in [-0.15, -0.1) is 0 Å². The number of esters is 4. The summed E-state index contributed by atoms with van der Waals surface area (Å²) in [5.41, 5.74) is 8.01. The average molecular weight is 2240 g/mol. The monoisotopic (exact) mass is 2230 g/mol. The lowest BCUT2D eigenvalue weighted by molar-refractivity contribution is -0.385. The molecule has 41 nitrogen and oxygen atoms in total. The lowest BCUT2D eigenvalue weighted by Gasteiger charge is -2.38. The number of benzene rings is 6. The van der Waals surface area contributed by atoms with Gasteiger partial charge in [-0.25, -0.2) is 23.4 Å². The third-order valence-corrected chi connectivity index (χ3v) is 22.3. The maximum Gasteiger partial charge on any atom is 0.410 e. The summed E-state index contributed by atoms with van der Waals surface area (Å²) in [7, 11) is 16.1. The highest BCUT2D eigenvalue weighted by Crippen LogP contribution is 2.47. The number of fused-ring (bicyclic) bond motifs is 2. The number of alkyl halides is 1. The van der Waals surface area contributed by atoms with Crippen molar-refractivity contribution in [3.8, 4) is 0 Å². The van der Waals surface area contributed by atoms with Gasteiger partial charge in [0.05, 0.1) is 85.6 Å². The summed E-state index contributed by atoms with van der Waals surface area (Å²) >= 11 is 2.15. The molecule has 147 heavy (non-hydrogen) atoms. The van der Waals surface area contributed by atoms with Crippen molar-refractivity contribution in [2.45, 2.75) is 245 Å². The van der Waals surface area contributed by atoms with Gasteiger partial charge in [0.25, 0.3) is 17.1 Å². The van der Waals surface area contributed by atoms with Gasteiger partial charge in [-0.1, -0.05) is 132 Å². The molecule has 12 rings (SSSR count). The van der Waals surface area contributed by atoms with Crippen LogP contribution in [0, 0.1) is 30.3 Å². The van der Waals surface area contributed by atoms with Crippen LogP contribution in [-0.2, 0) is 104 Å². The fraction of sp³-hybridized carbons (Fsp3) is 0.529. The molecule has 4 saturated heterocycles. The van der Waals surface area contributed by atoms with Crippen LogP contribution in [0.3, 0.4) is 0 Å². The number of aliphatic carboxylic acids is 1. The normalized spacial score (nSPS) is 16.0. The predicted octanol–water partition coefficient (Wildman–Crippen LogP) is 17.4. The second-order valence-corrected chi connectivity index (χ2v) is 39.8. The average Bonchev–Trinajstić information content (AvgIpc) is 1.58. The van der Waals surface area contributed by atoms with Gasteiger partial charge in [0, 0.05) is 171 Å². The number of likely N-dealkylation sites (tertiary alicyclic amines) is 4. The van der Waals surface area contributed by atoms with Crippen molar-refractivity contribution in [1.29, 1.82) is 0 Å². The Morgan fingerprint density at radius 1 is 0.476 bits per heavy atom. The van der Waals surface area contributed by atoms with Crippen molar-refractivity contribution < 1.29 is 130 Å². The van der Waals surface area contributed by atoms with Gasteiger partial charge >= 0.3 is 54.2 Å². The van der Waals surface area contributed by atoms with Gasteiger partial charge in [0.15, 0.2) is 0 Å². The second-order valence-electron chi connectivity index (χ2n) is 37.2. The molecule has 6 aromatic rings. The number of anilines is 3. The van der Waals surface area contributed by atoms with Gasteiger partial charge < -0.3 is 93.7 Å². The van der Waals surface area contributed by atoms with E-state index in [0.29, 0.717) is 89.2 Å². The summed E-state index contributed by atoms with van der Waals surface area (Å²) in [5.74, 6) is -3.42. The minimum absolute atomic E-state index is 0.00655. The molecule has 6 aliphatic heterocycles. The largest absolute Gasteiger partial charge is 0.481 e. The molecule has 0 radical (unpaired) electrons. The predicted molar refractivity (Wildman–Crippen MR) is 568 cm³/mol. The number of nitrogens with one attached hydrogen (secondary N) is 1. The highest BCUT2D eigenvalue weighted by molar-refractivity contribution is 14.1. The molecule has 4 fully saturated rings. The Morgan fingerprint density at radius 2 is 0.803 bits per heavy atom. The highest BCUT2D eigenvalue weighted by atomic mass is 127. The molecule has 0 saturated carbocycles. The molecular formula is C102H146Cl2IN11O30S. The Balaban J connectivity index is 0.000000858. The Kier molecular flexibility index (Phi) is 59.1. The van der Waals surface area contributed by atoms with Crippen LogP contribution in [0.4, 0.5) is 53.3 Å². The summed E-state index contributed by atoms with van der Waals surface area (Å²) in [5, 5.41) is 57.6. The molecule has 4 unspecified atom stereocenters. The maximum absolute atomic E-state index is 13.5. The summed E-state index contributed by atoms with van der Waals surface area (Å²) in [4.78, 5) is 184. The number of Topliss-reactive ketones (excluding diaryl/α,β-unsaturated/α-hetero) is 1. The molecule has 4 atom stereocenters. The number of rotatable bonds is 17. The highest BCUT2D eigenvalue weighted by Gasteiger charge is 2.52. The third-order valence-electron chi connectivity index (χ3n) is 22.3. The number of hydrogen-bond acceptors (Lipinski definition) is 31. The van der Waals surface area contributed by atoms with Crippen LogP contribution in [0.1, 0.15) is 220 Å². The summed E-state index contributed by atoms with van der Waals surface area (Å²) in [6, 6.07) is 41.9. The van der Waals surface area contributed by atoms with Gasteiger partial charge in [0.2, 0.25) is 21.0 Å². The molecule has 6 amide bonds. The van der Waals surface area contributed by atoms with E-state index in [2.05, 4.69) is 64.5 Å². The number of nitro benzene ring substituents is 3.